The SMILES string of the molecule is O=C(O)C1CC2(CCN(C(=O)C3CC3)CC2)CN1C(=O)CCc1ccco1. The van der Waals surface area contributed by atoms with Gasteiger partial charge in [0, 0.05) is 38.4 Å². The quantitative estimate of drug-likeness (QED) is 0.850. The van der Waals surface area contributed by atoms with Crippen molar-refractivity contribution in [3.05, 3.63) is 24.2 Å². The third kappa shape index (κ3) is 3.73. The van der Waals surface area contributed by atoms with Crippen LogP contribution in [-0.2, 0) is 20.8 Å². The number of aryl methyl sites for hydroxylation is 1. The van der Waals surface area contributed by atoms with Gasteiger partial charge in [0.05, 0.1) is 6.26 Å². The van der Waals surface area contributed by atoms with Crippen LogP contribution in [0.3, 0.4) is 0 Å². The zero-order chi connectivity index (χ0) is 19.0. The Kier molecular flexibility index (Phi) is 4.70. The second-order valence-electron chi connectivity index (χ2n) is 8.26. The van der Waals surface area contributed by atoms with Crippen LogP contribution in [0.25, 0.3) is 0 Å². The summed E-state index contributed by atoms with van der Waals surface area (Å²) in [5.74, 6) is 0.135. The molecule has 1 aliphatic carbocycles. The molecule has 3 heterocycles. The number of carbonyl (C=O) groups excluding carboxylic acids is 2. The fourth-order valence-electron chi connectivity index (χ4n) is 4.52. The van der Waals surface area contributed by atoms with Gasteiger partial charge in [-0.1, -0.05) is 0 Å². The van der Waals surface area contributed by atoms with Crippen LogP contribution in [0.2, 0.25) is 0 Å². The fraction of sp³-hybridized carbons (Fsp3) is 0.650. The van der Waals surface area contributed by atoms with Crippen LogP contribution in [0.15, 0.2) is 22.8 Å². The first kappa shape index (κ1) is 18.1. The predicted octanol–water partition coefficient (Wildman–Crippen LogP) is 1.92. The molecule has 1 spiro atoms. The summed E-state index contributed by atoms with van der Waals surface area (Å²) in [5.41, 5.74) is -0.177. The first-order chi connectivity index (χ1) is 13.0. The number of carboxylic acids is 1. The standard InChI is InChI=1S/C20H26N2O5/c23-17(6-5-15-2-1-11-27-15)22-13-20(12-16(22)19(25)26)7-9-21(10-8-20)18(24)14-3-4-14/h1-2,11,14,16H,3-10,12-13H2,(H,25,26). The molecule has 0 bridgehead atoms. The van der Waals surface area contributed by atoms with E-state index in [9.17, 15) is 19.5 Å². The second-order valence-corrected chi connectivity index (χ2v) is 8.26. The number of carbonyl (C=O) groups is 3. The van der Waals surface area contributed by atoms with Gasteiger partial charge >= 0.3 is 5.97 Å². The Bertz CT molecular complexity index is 717. The molecule has 1 saturated carbocycles. The van der Waals surface area contributed by atoms with E-state index in [-0.39, 0.29) is 29.6 Å². The third-order valence-corrected chi connectivity index (χ3v) is 6.34. The molecule has 4 rings (SSSR count). The highest BCUT2D eigenvalue weighted by molar-refractivity contribution is 5.85. The molecule has 2 amide bonds. The Morgan fingerprint density at radius 3 is 2.56 bits per heavy atom. The van der Waals surface area contributed by atoms with Crippen molar-refractivity contribution in [3.8, 4) is 0 Å². The number of hydrogen-bond donors (Lipinski definition) is 1. The van der Waals surface area contributed by atoms with E-state index in [4.69, 9.17) is 4.42 Å². The van der Waals surface area contributed by atoms with Gasteiger partial charge < -0.3 is 19.3 Å². The zero-order valence-electron chi connectivity index (χ0n) is 15.4. The normalized spacial score (nSPS) is 24.4. The second kappa shape index (κ2) is 7.02. The van der Waals surface area contributed by atoms with E-state index in [0.29, 0.717) is 32.5 Å². The van der Waals surface area contributed by atoms with Gasteiger partial charge in [0.15, 0.2) is 0 Å². The molecule has 2 aliphatic heterocycles. The van der Waals surface area contributed by atoms with Crippen molar-refractivity contribution in [2.45, 2.75) is 51.0 Å². The molecule has 1 atom stereocenters. The molecule has 7 nitrogen and oxygen atoms in total. The Morgan fingerprint density at radius 2 is 1.96 bits per heavy atom. The van der Waals surface area contributed by atoms with Crippen molar-refractivity contribution in [3.63, 3.8) is 0 Å². The van der Waals surface area contributed by atoms with Crippen LogP contribution in [0.5, 0.6) is 0 Å². The summed E-state index contributed by atoms with van der Waals surface area (Å²) in [5, 5.41) is 9.64. The summed E-state index contributed by atoms with van der Waals surface area (Å²) in [4.78, 5) is 40.2. The lowest BCUT2D eigenvalue weighted by atomic mass is 9.76. The van der Waals surface area contributed by atoms with Gasteiger partial charge in [0.2, 0.25) is 11.8 Å². The lowest BCUT2D eigenvalue weighted by molar-refractivity contribution is -0.148. The minimum Gasteiger partial charge on any atom is -0.480 e. The predicted molar refractivity (Wildman–Crippen MR) is 95.8 cm³/mol. The molecular formula is C20H26N2O5. The highest BCUT2D eigenvalue weighted by Crippen LogP contribution is 2.44. The van der Waals surface area contributed by atoms with Crippen LogP contribution in [-0.4, -0.2) is 58.4 Å². The minimum absolute atomic E-state index is 0.132. The highest BCUT2D eigenvalue weighted by atomic mass is 16.4. The fourth-order valence-corrected chi connectivity index (χ4v) is 4.52. The summed E-state index contributed by atoms with van der Waals surface area (Å²) >= 11 is 0. The maximum absolute atomic E-state index is 12.7. The average Bonchev–Trinajstić information content (AvgIpc) is 3.25. The Hall–Kier alpha value is -2.31. The first-order valence-corrected chi connectivity index (χ1v) is 9.81. The molecule has 2 saturated heterocycles. The van der Waals surface area contributed by atoms with Gasteiger partial charge in [-0.05, 0) is 49.7 Å². The smallest absolute Gasteiger partial charge is 0.326 e. The van der Waals surface area contributed by atoms with E-state index in [0.717, 1.165) is 31.4 Å². The van der Waals surface area contributed by atoms with Gasteiger partial charge in [-0.2, -0.15) is 0 Å². The molecule has 146 valence electrons. The van der Waals surface area contributed by atoms with Crippen LogP contribution < -0.4 is 0 Å². The molecule has 3 fully saturated rings. The van der Waals surface area contributed by atoms with Crippen molar-refractivity contribution in [2.24, 2.45) is 11.3 Å². The molecular weight excluding hydrogens is 348 g/mol. The Morgan fingerprint density at radius 1 is 1.22 bits per heavy atom. The number of nitrogens with zero attached hydrogens (tertiary/aromatic N) is 2. The van der Waals surface area contributed by atoms with Crippen molar-refractivity contribution < 1.29 is 23.9 Å². The lowest BCUT2D eigenvalue weighted by Crippen LogP contribution is -2.45. The average molecular weight is 374 g/mol. The van der Waals surface area contributed by atoms with E-state index in [1.54, 1.807) is 17.2 Å². The first-order valence-electron chi connectivity index (χ1n) is 9.81. The summed E-state index contributed by atoms with van der Waals surface area (Å²) in [6, 6.07) is 2.83. The molecule has 0 radical (unpaired) electrons. The van der Waals surface area contributed by atoms with Crippen LogP contribution in [0.4, 0.5) is 0 Å². The van der Waals surface area contributed by atoms with E-state index in [1.807, 2.05) is 11.0 Å². The third-order valence-electron chi connectivity index (χ3n) is 6.34. The van der Waals surface area contributed by atoms with E-state index < -0.39 is 12.0 Å². The Balaban J connectivity index is 1.38. The van der Waals surface area contributed by atoms with Crippen molar-refractivity contribution >= 4 is 17.8 Å². The molecule has 27 heavy (non-hydrogen) atoms. The monoisotopic (exact) mass is 374 g/mol. The number of likely N-dealkylation sites (tertiary alicyclic amines) is 2. The van der Waals surface area contributed by atoms with Crippen molar-refractivity contribution in [1.29, 1.82) is 0 Å². The summed E-state index contributed by atoms with van der Waals surface area (Å²) in [6.45, 7) is 1.83. The largest absolute Gasteiger partial charge is 0.480 e. The molecule has 1 unspecified atom stereocenters. The molecule has 3 aliphatic rings. The molecule has 7 heteroatoms. The van der Waals surface area contributed by atoms with Gasteiger partial charge in [-0.25, -0.2) is 4.79 Å². The number of piperidine rings is 1. The number of carboxylic acid groups (broad SMARTS) is 1. The van der Waals surface area contributed by atoms with Crippen LogP contribution in [0.1, 0.15) is 44.3 Å². The maximum atomic E-state index is 12.7. The number of aliphatic carboxylic acids is 1. The maximum Gasteiger partial charge on any atom is 0.326 e. The number of amides is 2. The zero-order valence-corrected chi connectivity index (χ0v) is 15.4. The number of rotatable bonds is 5. The molecule has 0 aromatic carbocycles. The summed E-state index contributed by atoms with van der Waals surface area (Å²) in [7, 11) is 0. The van der Waals surface area contributed by atoms with Crippen molar-refractivity contribution in [2.75, 3.05) is 19.6 Å². The van der Waals surface area contributed by atoms with Gasteiger partial charge in [-0.3, -0.25) is 9.59 Å². The van der Waals surface area contributed by atoms with Gasteiger partial charge in [0.1, 0.15) is 11.8 Å². The number of hydrogen-bond acceptors (Lipinski definition) is 4. The summed E-state index contributed by atoms with van der Waals surface area (Å²) in [6.07, 6.45) is 6.33. The highest BCUT2D eigenvalue weighted by Gasteiger charge is 2.50. The summed E-state index contributed by atoms with van der Waals surface area (Å²) < 4.78 is 5.26. The molecule has 1 aromatic rings. The van der Waals surface area contributed by atoms with E-state index in [1.165, 1.54) is 0 Å². The lowest BCUT2D eigenvalue weighted by Gasteiger charge is -2.39. The van der Waals surface area contributed by atoms with Gasteiger partial charge in [-0.15, -0.1) is 0 Å². The van der Waals surface area contributed by atoms with Crippen LogP contribution >= 0.6 is 0 Å². The minimum atomic E-state index is -0.935. The van der Waals surface area contributed by atoms with E-state index in [2.05, 4.69) is 0 Å². The molecule has 1 aromatic heterocycles. The van der Waals surface area contributed by atoms with E-state index >= 15 is 0 Å². The molecule has 1 N–H and O–H groups in total. The van der Waals surface area contributed by atoms with Crippen molar-refractivity contribution in [1.82, 2.24) is 9.80 Å². The van der Waals surface area contributed by atoms with Gasteiger partial charge in [0.25, 0.3) is 0 Å². The topological polar surface area (TPSA) is 91.1 Å². The Labute approximate surface area is 158 Å². The number of furan rings is 1. The van der Waals surface area contributed by atoms with Crippen LogP contribution in [0, 0.1) is 11.3 Å².